The van der Waals surface area contributed by atoms with Crippen LogP contribution in [-0.2, 0) is 14.4 Å². The van der Waals surface area contributed by atoms with Gasteiger partial charge < -0.3 is 5.32 Å². The van der Waals surface area contributed by atoms with Crippen molar-refractivity contribution in [2.24, 2.45) is 10.3 Å². The molecule has 8 nitrogen and oxygen atoms in total. The van der Waals surface area contributed by atoms with E-state index in [0.29, 0.717) is 16.4 Å². The van der Waals surface area contributed by atoms with Crippen LogP contribution in [0.5, 0.6) is 0 Å². The maximum atomic E-state index is 12.9. The third-order valence-corrected chi connectivity index (χ3v) is 5.26. The maximum Gasteiger partial charge on any atom is 0.263 e. The zero-order valence-electron chi connectivity index (χ0n) is 15.8. The molecule has 2 aliphatic heterocycles. The first kappa shape index (κ1) is 19.1. The predicted molar refractivity (Wildman–Crippen MR) is 108 cm³/mol. The van der Waals surface area contributed by atoms with Gasteiger partial charge in [0.15, 0.2) is 12.1 Å². The van der Waals surface area contributed by atoms with E-state index in [2.05, 4.69) is 15.7 Å². The first-order valence-corrected chi connectivity index (χ1v) is 9.41. The van der Waals surface area contributed by atoms with Crippen molar-refractivity contribution < 1.29 is 14.4 Å². The number of anilines is 2. The third kappa shape index (κ3) is 3.47. The van der Waals surface area contributed by atoms with Crippen LogP contribution in [0.3, 0.4) is 0 Å². The molecule has 2 aromatic carbocycles. The number of carbonyl (C=O) groups is 3. The quantitative estimate of drug-likeness (QED) is 0.782. The summed E-state index contributed by atoms with van der Waals surface area (Å²) in [6.45, 7) is 3.75. The number of fused-ring (bicyclic) bond motifs is 1. The second-order valence-corrected chi connectivity index (χ2v) is 7.47. The third-order valence-electron chi connectivity index (χ3n) is 5.02. The first-order chi connectivity index (χ1) is 13.8. The summed E-state index contributed by atoms with van der Waals surface area (Å²) in [6.07, 6.45) is 0. The molecular weight excluding hydrogens is 394 g/mol. The molecule has 2 atom stereocenters. The highest BCUT2D eigenvalue weighted by atomic mass is 35.5. The van der Waals surface area contributed by atoms with E-state index in [1.807, 2.05) is 26.0 Å². The van der Waals surface area contributed by atoms with Crippen LogP contribution in [0.15, 0.2) is 52.8 Å². The van der Waals surface area contributed by atoms with Gasteiger partial charge in [0.1, 0.15) is 6.54 Å². The number of nitrogens with one attached hydrogen (secondary N) is 1. The van der Waals surface area contributed by atoms with E-state index < -0.39 is 23.9 Å². The fraction of sp³-hybridized carbons (Fsp3) is 0.250. The molecule has 2 aliphatic rings. The molecule has 0 radical (unpaired) electrons. The van der Waals surface area contributed by atoms with Crippen molar-refractivity contribution in [1.29, 1.82) is 0 Å². The van der Waals surface area contributed by atoms with Crippen LogP contribution in [0, 0.1) is 13.8 Å². The molecule has 9 heteroatoms. The molecule has 29 heavy (non-hydrogen) atoms. The lowest BCUT2D eigenvalue weighted by atomic mass is 10.1. The van der Waals surface area contributed by atoms with Gasteiger partial charge in [-0.15, -0.1) is 0 Å². The van der Waals surface area contributed by atoms with Crippen LogP contribution in [0.1, 0.15) is 11.1 Å². The van der Waals surface area contributed by atoms with E-state index in [1.165, 1.54) is 11.1 Å². The molecule has 0 bridgehead atoms. The minimum Gasteiger partial charge on any atom is -0.324 e. The Morgan fingerprint density at radius 2 is 1.90 bits per heavy atom. The van der Waals surface area contributed by atoms with Crippen LogP contribution < -0.4 is 10.2 Å². The Bertz CT molecular complexity index is 1050. The van der Waals surface area contributed by atoms with Gasteiger partial charge in [-0.25, -0.2) is 4.90 Å². The molecule has 2 heterocycles. The van der Waals surface area contributed by atoms with Crippen molar-refractivity contribution >= 4 is 40.7 Å². The van der Waals surface area contributed by atoms with Crippen molar-refractivity contribution in [3.8, 4) is 0 Å². The molecule has 0 aromatic heterocycles. The second-order valence-electron chi connectivity index (χ2n) is 7.03. The summed E-state index contributed by atoms with van der Waals surface area (Å²) in [5.41, 5.74) is 3.20. The number of hydrogen-bond acceptors (Lipinski definition) is 6. The van der Waals surface area contributed by atoms with Gasteiger partial charge in [-0.1, -0.05) is 29.0 Å². The van der Waals surface area contributed by atoms with Gasteiger partial charge >= 0.3 is 0 Å². The van der Waals surface area contributed by atoms with Gasteiger partial charge in [-0.2, -0.15) is 5.11 Å². The Morgan fingerprint density at radius 1 is 1.10 bits per heavy atom. The van der Waals surface area contributed by atoms with Crippen LogP contribution in [0.4, 0.5) is 11.4 Å². The Hall–Kier alpha value is -3.26. The summed E-state index contributed by atoms with van der Waals surface area (Å²) in [6, 6.07) is 10.2. The predicted octanol–water partition coefficient (Wildman–Crippen LogP) is 2.89. The molecule has 0 spiro atoms. The number of halogens is 1. The fourth-order valence-corrected chi connectivity index (χ4v) is 3.57. The summed E-state index contributed by atoms with van der Waals surface area (Å²) in [5.74, 6) is -1.32. The van der Waals surface area contributed by atoms with E-state index in [4.69, 9.17) is 11.6 Å². The highest BCUT2D eigenvalue weighted by Crippen LogP contribution is 2.32. The minimum absolute atomic E-state index is 0.194. The van der Waals surface area contributed by atoms with Crippen molar-refractivity contribution in [2.45, 2.75) is 25.9 Å². The van der Waals surface area contributed by atoms with E-state index in [9.17, 15) is 14.4 Å². The van der Waals surface area contributed by atoms with Crippen LogP contribution >= 0.6 is 11.6 Å². The van der Waals surface area contributed by atoms with Gasteiger partial charge in [0.25, 0.3) is 11.8 Å². The van der Waals surface area contributed by atoms with Gasteiger partial charge in [0.05, 0.1) is 5.69 Å². The van der Waals surface area contributed by atoms with Gasteiger partial charge in [0, 0.05) is 10.7 Å². The largest absolute Gasteiger partial charge is 0.324 e. The zero-order valence-corrected chi connectivity index (χ0v) is 16.6. The maximum absolute atomic E-state index is 12.9. The fourth-order valence-electron chi connectivity index (χ4n) is 3.39. The topological polar surface area (TPSA) is 94.4 Å². The van der Waals surface area contributed by atoms with Gasteiger partial charge in [-0.3, -0.25) is 19.4 Å². The average Bonchev–Trinajstić information content (AvgIpc) is 3.18. The van der Waals surface area contributed by atoms with E-state index in [-0.39, 0.29) is 12.5 Å². The number of amides is 3. The first-order valence-electron chi connectivity index (χ1n) is 9.03. The summed E-state index contributed by atoms with van der Waals surface area (Å²) in [7, 11) is 0. The number of benzene rings is 2. The highest BCUT2D eigenvalue weighted by Gasteiger charge is 2.55. The normalized spacial score (nSPS) is 20.4. The summed E-state index contributed by atoms with van der Waals surface area (Å²) >= 11 is 5.98. The number of nitrogens with zero attached hydrogens (tertiary/aromatic N) is 4. The van der Waals surface area contributed by atoms with Crippen molar-refractivity contribution in [3.05, 3.63) is 58.6 Å². The standard InChI is InChI=1S/C20H18ClN5O3/c1-11-6-7-14(8-12(11)2)22-16(27)10-25-18-17(23-24-25)19(28)26(20(18)29)15-5-3-4-13(21)9-15/h3-9,17-18H,10H2,1-2H3,(H,22,27)/t17-,18-/m0/s1. The minimum atomic E-state index is -0.962. The van der Waals surface area contributed by atoms with Crippen LogP contribution in [0.2, 0.25) is 5.02 Å². The average molecular weight is 412 g/mol. The summed E-state index contributed by atoms with van der Waals surface area (Å²) < 4.78 is 0. The van der Waals surface area contributed by atoms with Crippen molar-refractivity contribution in [2.75, 3.05) is 16.8 Å². The Labute approximate surface area is 172 Å². The summed E-state index contributed by atoms with van der Waals surface area (Å²) in [5, 5.41) is 12.3. The molecule has 0 unspecified atom stereocenters. The lowest BCUT2D eigenvalue weighted by molar-refractivity contribution is -0.123. The SMILES string of the molecule is Cc1ccc(NC(=O)CN2N=N[C@@H]3C(=O)N(c4cccc(Cl)c4)C(=O)[C@H]32)cc1C. The monoisotopic (exact) mass is 411 g/mol. The molecule has 0 saturated carbocycles. The smallest absolute Gasteiger partial charge is 0.263 e. The molecule has 3 amide bonds. The molecule has 2 aromatic rings. The highest BCUT2D eigenvalue weighted by molar-refractivity contribution is 6.31. The lowest BCUT2D eigenvalue weighted by Gasteiger charge is -2.20. The lowest BCUT2D eigenvalue weighted by Crippen LogP contribution is -2.43. The molecule has 1 fully saturated rings. The van der Waals surface area contributed by atoms with E-state index in [0.717, 1.165) is 16.0 Å². The molecule has 148 valence electrons. The summed E-state index contributed by atoms with van der Waals surface area (Å²) in [4.78, 5) is 39.1. The Kier molecular flexibility index (Phi) is 4.79. The molecule has 1 N–H and O–H groups in total. The van der Waals surface area contributed by atoms with Crippen LogP contribution in [-0.4, -0.2) is 41.4 Å². The molecule has 1 saturated heterocycles. The van der Waals surface area contributed by atoms with Crippen molar-refractivity contribution in [3.63, 3.8) is 0 Å². The van der Waals surface area contributed by atoms with E-state index >= 15 is 0 Å². The van der Waals surface area contributed by atoms with Gasteiger partial charge in [0.2, 0.25) is 5.91 Å². The number of rotatable bonds is 4. The van der Waals surface area contributed by atoms with E-state index in [1.54, 1.807) is 24.3 Å². The zero-order chi connectivity index (χ0) is 20.7. The Morgan fingerprint density at radius 3 is 2.62 bits per heavy atom. The molecule has 4 rings (SSSR count). The number of hydrogen-bond donors (Lipinski definition) is 1. The second kappa shape index (κ2) is 7.29. The van der Waals surface area contributed by atoms with Crippen molar-refractivity contribution in [1.82, 2.24) is 5.01 Å². The van der Waals surface area contributed by atoms with Gasteiger partial charge in [-0.05, 0) is 55.3 Å². The molecule has 0 aliphatic carbocycles. The van der Waals surface area contributed by atoms with Crippen LogP contribution in [0.25, 0.3) is 0 Å². The number of carbonyl (C=O) groups excluding carboxylic acids is 3. The molecular formula is C20H18ClN5O3. The Balaban J connectivity index is 1.49. The number of aryl methyl sites for hydroxylation is 2. The number of imide groups is 1.